The molecule has 0 unspecified atom stereocenters. The van der Waals surface area contributed by atoms with Crippen LogP contribution in [0.5, 0.6) is 5.75 Å². The highest BCUT2D eigenvalue weighted by Crippen LogP contribution is 2.32. The van der Waals surface area contributed by atoms with Crippen molar-refractivity contribution in [1.82, 2.24) is 9.78 Å². The molecule has 0 amide bonds. The molecule has 0 bridgehead atoms. The fourth-order valence-electron chi connectivity index (χ4n) is 1.95. The van der Waals surface area contributed by atoms with E-state index >= 15 is 0 Å². The molecule has 4 heteroatoms. The van der Waals surface area contributed by atoms with Gasteiger partial charge in [-0.25, -0.2) is 0 Å². The maximum atomic E-state index is 6.03. The molecule has 1 aromatic heterocycles. The highest BCUT2D eigenvalue weighted by atomic mass is 16.5. The quantitative estimate of drug-likeness (QED) is 0.901. The number of anilines is 1. The van der Waals surface area contributed by atoms with Gasteiger partial charge in [0.05, 0.1) is 12.8 Å². The summed E-state index contributed by atoms with van der Waals surface area (Å²) in [6.45, 7) is 5.17. The molecule has 0 spiro atoms. The number of hydrogen-bond donors (Lipinski definition) is 1. The second kappa shape index (κ2) is 5.12. The van der Waals surface area contributed by atoms with Gasteiger partial charge in [0.2, 0.25) is 0 Å². The first-order valence-corrected chi connectivity index (χ1v) is 6.08. The van der Waals surface area contributed by atoms with Crippen molar-refractivity contribution in [3.05, 3.63) is 30.5 Å². The molecule has 18 heavy (non-hydrogen) atoms. The molecule has 4 nitrogen and oxygen atoms in total. The molecular weight excluding hydrogens is 226 g/mol. The average Bonchev–Trinajstić information content (AvgIpc) is 2.69. The number of hydrogen-bond acceptors (Lipinski definition) is 3. The summed E-state index contributed by atoms with van der Waals surface area (Å²) in [5.74, 6) is 1.33. The molecule has 1 aromatic carbocycles. The average molecular weight is 245 g/mol. The predicted octanol–water partition coefficient (Wildman–Crippen LogP) is 2.80. The predicted molar refractivity (Wildman–Crippen MR) is 73.5 cm³/mol. The Hall–Kier alpha value is -1.97. The van der Waals surface area contributed by atoms with Crippen LogP contribution in [0.25, 0.3) is 11.3 Å². The molecule has 0 aliphatic carbocycles. The number of rotatable bonds is 4. The van der Waals surface area contributed by atoms with E-state index in [-0.39, 0.29) is 0 Å². The Kier molecular flexibility index (Phi) is 3.55. The molecule has 2 aromatic rings. The molecule has 0 saturated heterocycles. The summed E-state index contributed by atoms with van der Waals surface area (Å²) in [6, 6.07) is 7.77. The summed E-state index contributed by atoms with van der Waals surface area (Å²) in [6.07, 6.45) is 1.88. The Morgan fingerprint density at radius 3 is 2.72 bits per heavy atom. The van der Waals surface area contributed by atoms with Crippen LogP contribution in [-0.4, -0.2) is 16.9 Å². The second-order valence-corrected chi connectivity index (χ2v) is 4.75. The van der Waals surface area contributed by atoms with Crippen molar-refractivity contribution in [3.63, 3.8) is 0 Å². The first-order valence-electron chi connectivity index (χ1n) is 6.08. The van der Waals surface area contributed by atoms with E-state index in [2.05, 4.69) is 18.9 Å². The highest BCUT2D eigenvalue weighted by molar-refractivity contribution is 5.76. The van der Waals surface area contributed by atoms with E-state index in [0.717, 1.165) is 23.6 Å². The summed E-state index contributed by atoms with van der Waals surface area (Å²) < 4.78 is 7.23. The lowest BCUT2D eigenvalue weighted by atomic mass is 10.1. The van der Waals surface area contributed by atoms with E-state index in [4.69, 9.17) is 10.5 Å². The van der Waals surface area contributed by atoms with Crippen LogP contribution in [0.3, 0.4) is 0 Å². The van der Waals surface area contributed by atoms with Crippen molar-refractivity contribution >= 4 is 5.69 Å². The number of nitrogen functional groups attached to an aromatic ring is 1. The van der Waals surface area contributed by atoms with Crippen LogP contribution in [0.4, 0.5) is 5.69 Å². The maximum Gasteiger partial charge on any atom is 0.128 e. The van der Waals surface area contributed by atoms with Gasteiger partial charge in [-0.3, -0.25) is 4.68 Å². The lowest BCUT2D eigenvalue weighted by Gasteiger charge is -2.06. The first kappa shape index (κ1) is 12.5. The third kappa shape index (κ3) is 2.47. The second-order valence-electron chi connectivity index (χ2n) is 4.75. The van der Waals surface area contributed by atoms with Crippen molar-refractivity contribution in [2.45, 2.75) is 20.4 Å². The van der Waals surface area contributed by atoms with E-state index in [0.29, 0.717) is 11.6 Å². The number of aromatic nitrogens is 2. The molecule has 0 aliphatic heterocycles. The van der Waals surface area contributed by atoms with Crippen molar-refractivity contribution in [2.75, 3.05) is 12.8 Å². The van der Waals surface area contributed by atoms with E-state index in [9.17, 15) is 0 Å². The van der Waals surface area contributed by atoms with Crippen LogP contribution < -0.4 is 10.5 Å². The Balaban J connectivity index is 2.41. The van der Waals surface area contributed by atoms with E-state index in [1.54, 1.807) is 7.11 Å². The summed E-state index contributed by atoms with van der Waals surface area (Å²) in [7, 11) is 1.65. The standard InChI is InChI=1S/C14H19N3O/c1-10(2)8-17-9-12(15)14(16-17)11-6-4-5-7-13(11)18-3/h4-7,9-10H,8,15H2,1-3H3. The van der Waals surface area contributed by atoms with Crippen molar-refractivity contribution < 1.29 is 4.74 Å². The molecule has 2 rings (SSSR count). The van der Waals surface area contributed by atoms with Crippen LogP contribution in [-0.2, 0) is 6.54 Å². The smallest absolute Gasteiger partial charge is 0.128 e. The molecule has 0 radical (unpaired) electrons. The Morgan fingerprint density at radius 1 is 1.33 bits per heavy atom. The minimum Gasteiger partial charge on any atom is -0.496 e. The largest absolute Gasteiger partial charge is 0.496 e. The van der Waals surface area contributed by atoms with Gasteiger partial charge in [0.25, 0.3) is 0 Å². The summed E-state index contributed by atoms with van der Waals surface area (Å²) in [5, 5.41) is 4.54. The normalized spacial score (nSPS) is 10.9. The van der Waals surface area contributed by atoms with Crippen molar-refractivity contribution in [3.8, 4) is 17.0 Å². The lowest BCUT2D eigenvalue weighted by Crippen LogP contribution is -2.04. The number of methoxy groups -OCH3 is 1. The van der Waals surface area contributed by atoms with E-state index < -0.39 is 0 Å². The summed E-state index contributed by atoms with van der Waals surface area (Å²) in [5.41, 5.74) is 8.43. The monoisotopic (exact) mass is 245 g/mol. The van der Waals surface area contributed by atoms with Crippen LogP contribution >= 0.6 is 0 Å². The van der Waals surface area contributed by atoms with Crippen molar-refractivity contribution in [1.29, 1.82) is 0 Å². The van der Waals surface area contributed by atoms with Gasteiger partial charge in [0.15, 0.2) is 0 Å². The number of benzene rings is 1. The van der Waals surface area contributed by atoms with Crippen LogP contribution in [0.2, 0.25) is 0 Å². The van der Waals surface area contributed by atoms with Gasteiger partial charge in [-0.15, -0.1) is 0 Å². The van der Waals surface area contributed by atoms with Gasteiger partial charge in [-0.05, 0) is 18.1 Å². The summed E-state index contributed by atoms with van der Waals surface area (Å²) >= 11 is 0. The number of nitrogens with two attached hydrogens (primary N) is 1. The number of para-hydroxylation sites is 1. The zero-order chi connectivity index (χ0) is 13.1. The number of nitrogens with zero attached hydrogens (tertiary/aromatic N) is 2. The van der Waals surface area contributed by atoms with E-state index in [1.807, 2.05) is 35.1 Å². The van der Waals surface area contributed by atoms with Crippen molar-refractivity contribution in [2.24, 2.45) is 5.92 Å². The molecule has 96 valence electrons. The van der Waals surface area contributed by atoms with Gasteiger partial charge >= 0.3 is 0 Å². The topological polar surface area (TPSA) is 53.1 Å². The highest BCUT2D eigenvalue weighted by Gasteiger charge is 2.13. The van der Waals surface area contributed by atoms with Crippen LogP contribution in [0, 0.1) is 5.92 Å². The Labute approximate surface area is 107 Å². The Bertz CT molecular complexity index is 532. The van der Waals surface area contributed by atoms with Gasteiger partial charge in [0.1, 0.15) is 11.4 Å². The van der Waals surface area contributed by atoms with Gasteiger partial charge in [0, 0.05) is 18.3 Å². The van der Waals surface area contributed by atoms with Gasteiger partial charge in [-0.1, -0.05) is 26.0 Å². The third-order valence-corrected chi connectivity index (χ3v) is 2.70. The molecule has 0 saturated carbocycles. The zero-order valence-electron chi connectivity index (χ0n) is 11.1. The zero-order valence-corrected chi connectivity index (χ0v) is 11.1. The van der Waals surface area contributed by atoms with E-state index in [1.165, 1.54) is 0 Å². The molecule has 1 heterocycles. The fourth-order valence-corrected chi connectivity index (χ4v) is 1.95. The lowest BCUT2D eigenvalue weighted by molar-refractivity contribution is 0.416. The Morgan fingerprint density at radius 2 is 2.06 bits per heavy atom. The van der Waals surface area contributed by atoms with Crippen LogP contribution in [0.1, 0.15) is 13.8 Å². The van der Waals surface area contributed by atoms with Gasteiger partial charge < -0.3 is 10.5 Å². The fraction of sp³-hybridized carbons (Fsp3) is 0.357. The third-order valence-electron chi connectivity index (χ3n) is 2.70. The minimum atomic E-state index is 0.537. The first-order chi connectivity index (χ1) is 8.61. The number of ether oxygens (including phenoxy) is 1. The SMILES string of the molecule is COc1ccccc1-c1nn(CC(C)C)cc1N. The molecule has 0 aliphatic rings. The maximum absolute atomic E-state index is 6.03. The summed E-state index contributed by atoms with van der Waals surface area (Å²) in [4.78, 5) is 0. The van der Waals surface area contributed by atoms with Crippen LogP contribution in [0.15, 0.2) is 30.5 Å². The molecule has 0 fully saturated rings. The molecular formula is C14H19N3O. The minimum absolute atomic E-state index is 0.537. The molecule has 0 atom stereocenters. The van der Waals surface area contributed by atoms with Gasteiger partial charge in [-0.2, -0.15) is 5.10 Å². The molecule has 2 N–H and O–H groups in total.